The van der Waals surface area contributed by atoms with Crippen molar-refractivity contribution in [3.8, 4) is 0 Å². The van der Waals surface area contributed by atoms with Gasteiger partial charge in [0.05, 0.1) is 0 Å². The minimum atomic E-state index is -0.442. The lowest BCUT2D eigenvalue weighted by Crippen LogP contribution is -2.35. The number of nitrogens with one attached hydrogen (secondary N) is 1. The first kappa shape index (κ1) is 19.5. The lowest BCUT2D eigenvalue weighted by molar-refractivity contribution is 0.0297. The van der Waals surface area contributed by atoms with Gasteiger partial charge in [0.15, 0.2) is 0 Å². The maximum atomic E-state index is 11.9. The second-order valence-corrected chi connectivity index (χ2v) is 7.03. The van der Waals surface area contributed by atoms with Crippen LogP contribution in [-0.2, 0) is 11.2 Å². The molecular formula is C19H32N2O2. The van der Waals surface area contributed by atoms with Crippen LogP contribution in [0.3, 0.4) is 0 Å². The van der Waals surface area contributed by atoms with E-state index in [-0.39, 0.29) is 6.09 Å². The SMILES string of the molecule is CCc1ccc(C(C)NCCCN(C)C(=O)OC(C)(C)C)cc1. The largest absolute Gasteiger partial charge is 0.444 e. The predicted molar refractivity (Wildman–Crippen MR) is 95.7 cm³/mol. The van der Waals surface area contributed by atoms with Gasteiger partial charge in [-0.25, -0.2) is 4.79 Å². The molecular weight excluding hydrogens is 288 g/mol. The molecule has 0 fully saturated rings. The Morgan fingerprint density at radius 3 is 2.39 bits per heavy atom. The van der Waals surface area contributed by atoms with Gasteiger partial charge in [-0.3, -0.25) is 0 Å². The zero-order valence-electron chi connectivity index (χ0n) is 15.5. The van der Waals surface area contributed by atoms with Gasteiger partial charge in [-0.15, -0.1) is 0 Å². The summed E-state index contributed by atoms with van der Waals surface area (Å²) in [5, 5.41) is 3.50. The first-order valence-corrected chi connectivity index (χ1v) is 8.49. The molecule has 0 aliphatic carbocycles. The van der Waals surface area contributed by atoms with Gasteiger partial charge < -0.3 is 15.0 Å². The number of ether oxygens (including phenoxy) is 1. The Morgan fingerprint density at radius 1 is 1.26 bits per heavy atom. The molecule has 0 saturated carbocycles. The summed E-state index contributed by atoms with van der Waals surface area (Å²) >= 11 is 0. The van der Waals surface area contributed by atoms with Crippen molar-refractivity contribution in [2.24, 2.45) is 0 Å². The fourth-order valence-electron chi connectivity index (χ4n) is 2.23. The predicted octanol–water partition coefficient (Wildman–Crippen LogP) is 4.16. The first-order valence-electron chi connectivity index (χ1n) is 8.49. The molecule has 1 rings (SSSR count). The summed E-state index contributed by atoms with van der Waals surface area (Å²) in [4.78, 5) is 13.5. The van der Waals surface area contributed by atoms with Crippen LogP contribution in [0.4, 0.5) is 4.79 Å². The quantitative estimate of drug-likeness (QED) is 0.767. The molecule has 23 heavy (non-hydrogen) atoms. The number of benzene rings is 1. The summed E-state index contributed by atoms with van der Waals surface area (Å²) in [6.07, 6.45) is 1.70. The van der Waals surface area contributed by atoms with E-state index in [2.05, 4.69) is 43.4 Å². The van der Waals surface area contributed by atoms with Crippen molar-refractivity contribution in [2.45, 2.75) is 59.1 Å². The average Bonchev–Trinajstić information content (AvgIpc) is 2.49. The molecule has 0 bridgehead atoms. The smallest absolute Gasteiger partial charge is 0.410 e. The summed E-state index contributed by atoms with van der Waals surface area (Å²) < 4.78 is 5.34. The van der Waals surface area contributed by atoms with Crippen LogP contribution in [0.15, 0.2) is 24.3 Å². The fourth-order valence-corrected chi connectivity index (χ4v) is 2.23. The Balaban J connectivity index is 2.29. The summed E-state index contributed by atoms with van der Waals surface area (Å²) in [6.45, 7) is 11.5. The molecule has 0 heterocycles. The number of amides is 1. The highest BCUT2D eigenvalue weighted by Crippen LogP contribution is 2.14. The van der Waals surface area contributed by atoms with E-state index in [4.69, 9.17) is 4.74 Å². The molecule has 0 aliphatic rings. The average molecular weight is 320 g/mol. The van der Waals surface area contributed by atoms with Crippen LogP contribution in [0.2, 0.25) is 0 Å². The Kier molecular flexibility index (Phi) is 7.56. The molecule has 1 aromatic rings. The highest BCUT2D eigenvalue weighted by atomic mass is 16.6. The molecule has 1 atom stereocenters. The Bertz CT molecular complexity index is 477. The van der Waals surface area contributed by atoms with Crippen molar-refractivity contribution in [2.75, 3.05) is 20.1 Å². The zero-order chi connectivity index (χ0) is 17.5. The molecule has 4 heteroatoms. The van der Waals surface area contributed by atoms with Gasteiger partial charge in [-0.05, 0) is 58.2 Å². The van der Waals surface area contributed by atoms with Crippen molar-refractivity contribution in [1.82, 2.24) is 10.2 Å². The maximum Gasteiger partial charge on any atom is 0.410 e. The van der Waals surface area contributed by atoms with Gasteiger partial charge >= 0.3 is 6.09 Å². The third-order valence-corrected chi connectivity index (χ3v) is 3.71. The van der Waals surface area contributed by atoms with Gasteiger partial charge in [0, 0.05) is 19.6 Å². The number of nitrogens with zero attached hydrogens (tertiary/aromatic N) is 1. The molecule has 0 aliphatic heterocycles. The second kappa shape index (κ2) is 8.92. The lowest BCUT2D eigenvalue weighted by atomic mass is 10.0. The Morgan fingerprint density at radius 2 is 1.87 bits per heavy atom. The van der Waals surface area contributed by atoms with E-state index in [9.17, 15) is 4.79 Å². The van der Waals surface area contributed by atoms with Crippen LogP contribution in [-0.4, -0.2) is 36.7 Å². The summed E-state index contributed by atoms with van der Waals surface area (Å²) in [6, 6.07) is 9.05. The maximum absolute atomic E-state index is 11.9. The summed E-state index contributed by atoms with van der Waals surface area (Å²) in [5.74, 6) is 0. The molecule has 0 saturated heterocycles. The van der Waals surface area contributed by atoms with E-state index in [1.165, 1.54) is 11.1 Å². The van der Waals surface area contributed by atoms with Gasteiger partial charge in [0.25, 0.3) is 0 Å². The molecule has 0 spiro atoms. The fraction of sp³-hybridized carbons (Fsp3) is 0.632. The van der Waals surface area contributed by atoms with E-state index >= 15 is 0 Å². The monoisotopic (exact) mass is 320 g/mol. The normalized spacial score (nSPS) is 12.8. The van der Waals surface area contributed by atoms with Crippen molar-refractivity contribution in [3.63, 3.8) is 0 Å². The first-order chi connectivity index (χ1) is 10.7. The lowest BCUT2D eigenvalue weighted by Gasteiger charge is -2.24. The van der Waals surface area contributed by atoms with E-state index in [0.29, 0.717) is 12.6 Å². The number of hydrogen-bond acceptors (Lipinski definition) is 3. The van der Waals surface area contributed by atoms with Crippen LogP contribution in [0, 0.1) is 0 Å². The van der Waals surface area contributed by atoms with Gasteiger partial charge in [0.2, 0.25) is 0 Å². The molecule has 4 nitrogen and oxygen atoms in total. The summed E-state index contributed by atoms with van der Waals surface area (Å²) in [5.41, 5.74) is 2.21. The van der Waals surface area contributed by atoms with Crippen molar-refractivity contribution in [3.05, 3.63) is 35.4 Å². The molecule has 0 radical (unpaired) electrons. The van der Waals surface area contributed by atoms with Crippen LogP contribution in [0.25, 0.3) is 0 Å². The van der Waals surface area contributed by atoms with E-state index in [1.54, 1.807) is 11.9 Å². The van der Waals surface area contributed by atoms with Gasteiger partial charge in [-0.2, -0.15) is 0 Å². The van der Waals surface area contributed by atoms with Crippen molar-refractivity contribution >= 4 is 6.09 Å². The second-order valence-electron chi connectivity index (χ2n) is 7.03. The molecule has 1 unspecified atom stereocenters. The van der Waals surface area contributed by atoms with E-state index in [1.807, 2.05) is 20.8 Å². The van der Waals surface area contributed by atoms with E-state index in [0.717, 1.165) is 19.4 Å². The van der Waals surface area contributed by atoms with Gasteiger partial charge in [-0.1, -0.05) is 31.2 Å². The van der Waals surface area contributed by atoms with Gasteiger partial charge in [0.1, 0.15) is 5.60 Å². The Labute approximate surface area is 141 Å². The Hall–Kier alpha value is -1.55. The third-order valence-electron chi connectivity index (χ3n) is 3.71. The van der Waals surface area contributed by atoms with Crippen molar-refractivity contribution < 1.29 is 9.53 Å². The van der Waals surface area contributed by atoms with Crippen LogP contribution in [0.1, 0.15) is 58.2 Å². The molecule has 130 valence electrons. The van der Waals surface area contributed by atoms with Crippen LogP contribution in [0.5, 0.6) is 0 Å². The van der Waals surface area contributed by atoms with Crippen LogP contribution >= 0.6 is 0 Å². The zero-order valence-corrected chi connectivity index (χ0v) is 15.5. The number of hydrogen-bond donors (Lipinski definition) is 1. The van der Waals surface area contributed by atoms with E-state index < -0.39 is 5.60 Å². The number of carbonyl (C=O) groups is 1. The molecule has 1 amide bonds. The molecule has 1 aromatic carbocycles. The minimum absolute atomic E-state index is 0.263. The third kappa shape index (κ3) is 7.51. The summed E-state index contributed by atoms with van der Waals surface area (Å²) in [7, 11) is 1.78. The molecule has 1 N–H and O–H groups in total. The number of aryl methyl sites for hydroxylation is 1. The highest BCUT2D eigenvalue weighted by molar-refractivity contribution is 5.67. The van der Waals surface area contributed by atoms with Crippen LogP contribution < -0.4 is 5.32 Å². The standard InChI is InChI=1S/C19H32N2O2/c1-7-16-9-11-17(12-10-16)15(2)20-13-8-14-21(6)18(22)23-19(3,4)5/h9-12,15,20H,7-8,13-14H2,1-6H3. The molecule has 0 aromatic heterocycles. The highest BCUT2D eigenvalue weighted by Gasteiger charge is 2.19. The number of carbonyl (C=O) groups excluding carboxylic acids is 1. The number of rotatable bonds is 7. The van der Waals surface area contributed by atoms with Crippen molar-refractivity contribution in [1.29, 1.82) is 0 Å². The topological polar surface area (TPSA) is 41.6 Å². The minimum Gasteiger partial charge on any atom is -0.444 e.